The average Bonchev–Trinajstić information content (AvgIpc) is 2.58. The number of hydrogen-bond acceptors (Lipinski definition) is 4. The van der Waals surface area contributed by atoms with Gasteiger partial charge in [-0.15, -0.1) is 0 Å². The van der Waals surface area contributed by atoms with Crippen molar-refractivity contribution >= 4 is 11.9 Å². The maximum absolute atomic E-state index is 11.5. The fourth-order valence-corrected chi connectivity index (χ4v) is 2.07. The van der Waals surface area contributed by atoms with Crippen LogP contribution in [-0.2, 0) is 14.3 Å². The van der Waals surface area contributed by atoms with Gasteiger partial charge in [0.15, 0.2) is 5.78 Å². The highest BCUT2D eigenvalue weighted by atomic mass is 16.6. The molecule has 90 valence electrons. The zero-order valence-electron chi connectivity index (χ0n) is 9.53. The summed E-state index contributed by atoms with van der Waals surface area (Å²) in [6.07, 6.45) is 2.04. The van der Waals surface area contributed by atoms with E-state index in [1.807, 2.05) is 6.92 Å². The Balaban J connectivity index is 1.71. The lowest BCUT2D eigenvalue weighted by atomic mass is 9.91. The van der Waals surface area contributed by atoms with Crippen molar-refractivity contribution in [3.63, 3.8) is 0 Å². The molecule has 2 heterocycles. The average molecular weight is 227 g/mol. The first-order chi connectivity index (χ1) is 7.65. The van der Waals surface area contributed by atoms with Gasteiger partial charge >= 0.3 is 6.09 Å². The summed E-state index contributed by atoms with van der Waals surface area (Å²) in [5.41, 5.74) is -0.388. The molecule has 5 heteroatoms. The number of nitrogens with zero attached hydrogens (tertiary/aromatic N) is 1. The van der Waals surface area contributed by atoms with E-state index in [4.69, 9.17) is 9.47 Å². The molecule has 0 aromatic carbocycles. The number of ketones is 1. The molecule has 0 atom stereocenters. The lowest BCUT2D eigenvalue weighted by Crippen LogP contribution is -2.63. The summed E-state index contributed by atoms with van der Waals surface area (Å²) in [4.78, 5) is 24.2. The summed E-state index contributed by atoms with van der Waals surface area (Å²) < 4.78 is 10.5. The fraction of sp³-hybridized carbons (Fsp3) is 0.818. The van der Waals surface area contributed by atoms with Crippen LogP contribution in [0.5, 0.6) is 0 Å². The highest BCUT2D eigenvalue weighted by Gasteiger charge is 2.51. The Kier molecular flexibility index (Phi) is 3.14. The molecule has 0 saturated carbocycles. The summed E-state index contributed by atoms with van der Waals surface area (Å²) in [6, 6.07) is 0. The second kappa shape index (κ2) is 4.41. The maximum Gasteiger partial charge on any atom is 0.409 e. The Hall–Kier alpha value is -1.10. The van der Waals surface area contributed by atoms with Crippen LogP contribution in [0.1, 0.15) is 26.2 Å². The van der Waals surface area contributed by atoms with E-state index >= 15 is 0 Å². The number of ether oxygens (including phenoxy) is 2. The molecular formula is C11H17NO4. The van der Waals surface area contributed by atoms with E-state index in [1.54, 1.807) is 4.90 Å². The third-order valence-electron chi connectivity index (χ3n) is 3.00. The summed E-state index contributed by atoms with van der Waals surface area (Å²) in [5.74, 6) is 0.124. The first-order valence-corrected chi connectivity index (χ1v) is 5.72. The molecular weight excluding hydrogens is 210 g/mol. The molecule has 2 aliphatic rings. The van der Waals surface area contributed by atoms with Crippen LogP contribution in [0.4, 0.5) is 4.79 Å². The van der Waals surface area contributed by atoms with Gasteiger partial charge in [0.2, 0.25) is 0 Å². The van der Waals surface area contributed by atoms with Crippen LogP contribution in [0.15, 0.2) is 0 Å². The van der Waals surface area contributed by atoms with Crippen LogP contribution in [0.3, 0.4) is 0 Å². The van der Waals surface area contributed by atoms with Crippen LogP contribution in [-0.4, -0.2) is 48.7 Å². The Labute approximate surface area is 94.7 Å². The number of hydrogen-bond donors (Lipinski definition) is 0. The second-order valence-corrected chi connectivity index (χ2v) is 4.51. The van der Waals surface area contributed by atoms with E-state index in [2.05, 4.69) is 0 Å². The first kappa shape index (κ1) is 11.4. The molecule has 0 unspecified atom stereocenters. The Morgan fingerprint density at radius 3 is 2.88 bits per heavy atom. The van der Waals surface area contributed by atoms with Crippen molar-refractivity contribution in [3.8, 4) is 0 Å². The van der Waals surface area contributed by atoms with E-state index in [-0.39, 0.29) is 24.1 Å². The number of likely N-dealkylation sites (tertiary alicyclic amines) is 1. The summed E-state index contributed by atoms with van der Waals surface area (Å²) >= 11 is 0. The van der Waals surface area contributed by atoms with Crippen molar-refractivity contribution in [2.75, 3.05) is 26.3 Å². The SMILES string of the molecule is CCCCOC(=O)N1CC2(CC(=O)CO2)C1. The molecule has 0 bridgehead atoms. The van der Waals surface area contributed by atoms with Gasteiger partial charge in [0.25, 0.3) is 0 Å². The van der Waals surface area contributed by atoms with Gasteiger partial charge in [-0.05, 0) is 6.42 Å². The van der Waals surface area contributed by atoms with Crippen LogP contribution in [0.2, 0.25) is 0 Å². The number of unbranched alkanes of at least 4 members (excludes halogenated alkanes) is 1. The maximum atomic E-state index is 11.5. The van der Waals surface area contributed by atoms with Crippen LogP contribution in [0, 0.1) is 0 Å². The van der Waals surface area contributed by atoms with Crippen molar-refractivity contribution in [1.29, 1.82) is 0 Å². The van der Waals surface area contributed by atoms with Gasteiger partial charge in [0, 0.05) is 6.42 Å². The van der Waals surface area contributed by atoms with E-state index < -0.39 is 0 Å². The lowest BCUT2D eigenvalue weighted by Gasteiger charge is -2.45. The summed E-state index contributed by atoms with van der Waals surface area (Å²) in [7, 11) is 0. The Morgan fingerprint density at radius 2 is 2.31 bits per heavy atom. The van der Waals surface area contributed by atoms with E-state index in [1.165, 1.54) is 0 Å². The predicted molar refractivity (Wildman–Crippen MR) is 56.1 cm³/mol. The molecule has 0 radical (unpaired) electrons. The summed E-state index contributed by atoms with van der Waals surface area (Å²) in [6.45, 7) is 3.69. The molecule has 2 aliphatic heterocycles. The van der Waals surface area contributed by atoms with Crippen LogP contribution < -0.4 is 0 Å². The van der Waals surface area contributed by atoms with E-state index in [9.17, 15) is 9.59 Å². The number of rotatable bonds is 3. The number of Topliss-reactive ketones (excluding diaryl/α,β-unsaturated/α-hetero) is 1. The number of amides is 1. The molecule has 1 amide bonds. The monoisotopic (exact) mass is 227 g/mol. The quantitative estimate of drug-likeness (QED) is 0.674. The number of carbonyl (C=O) groups excluding carboxylic acids is 2. The highest BCUT2D eigenvalue weighted by molar-refractivity contribution is 5.83. The van der Waals surface area contributed by atoms with Gasteiger partial charge in [0.05, 0.1) is 19.7 Å². The Bertz CT molecular complexity index is 296. The van der Waals surface area contributed by atoms with Crippen molar-refractivity contribution in [3.05, 3.63) is 0 Å². The third kappa shape index (κ3) is 2.19. The third-order valence-corrected chi connectivity index (χ3v) is 3.00. The predicted octanol–water partition coefficient (Wildman–Crippen LogP) is 0.967. The second-order valence-electron chi connectivity index (χ2n) is 4.51. The standard InChI is InChI=1S/C11H17NO4/c1-2-3-4-15-10(14)12-7-11(8-12)5-9(13)6-16-11/h2-8H2,1H3. The molecule has 2 rings (SSSR count). The largest absolute Gasteiger partial charge is 0.449 e. The van der Waals surface area contributed by atoms with Gasteiger partial charge in [0.1, 0.15) is 12.2 Å². The molecule has 0 aromatic rings. The molecule has 5 nitrogen and oxygen atoms in total. The molecule has 0 aromatic heterocycles. The topological polar surface area (TPSA) is 55.8 Å². The first-order valence-electron chi connectivity index (χ1n) is 5.72. The number of carbonyl (C=O) groups is 2. The van der Waals surface area contributed by atoms with Crippen molar-refractivity contribution in [2.45, 2.75) is 31.8 Å². The molecule has 2 fully saturated rings. The van der Waals surface area contributed by atoms with Crippen LogP contribution >= 0.6 is 0 Å². The summed E-state index contributed by atoms with van der Waals surface area (Å²) in [5, 5.41) is 0. The Morgan fingerprint density at radius 1 is 1.56 bits per heavy atom. The van der Waals surface area contributed by atoms with Gasteiger partial charge in [-0.3, -0.25) is 4.79 Å². The van der Waals surface area contributed by atoms with Crippen LogP contribution in [0.25, 0.3) is 0 Å². The normalized spacial score (nSPS) is 22.3. The van der Waals surface area contributed by atoms with E-state index in [0.29, 0.717) is 26.1 Å². The lowest BCUT2D eigenvalue weighted by molar-refractivity contribution is -0.118. The minimum Gasteiger partial charge on any atom is -0.449 e. The van der Waals surface area contributed by atoms with E-state index in [0.717, 1.165) is 12.8 Å². The molecule has 16 heavy (non-hydrogen) atoms. The van der Waals surface area contributed by atoms with Gasteiger partial charge in [-0.2, -0.15) is 0 Å². The molecule has 0 aliphatic carbocycles. The van der Waals surface area contributed by atoms with Crippen molar-refractivity contribution < 1.29 is 19.1 Å². The smallest absolute Gasteiger partial charge is 0.409 e. The van der Waals surface area contributed by atoms with Gasteiger partial charge < -0.3 is 14.4 Å². The van der Waals surface area contributed by atoms with Crippen molar-refractivity contribution in [2.24, 2.45) is 0 Å². The van der Waals surface area contributed by atoms with Gasteiger partial charge in [-0.25, -0.2) is 4.79 Å². The van der Waals surface area contributed by atoms with Crippen molar-refractivity contribution in [1.82, 2.24) is 4.90 Å². The highest BCUT2D eigenvalue weighted by Crippen LogP contribution is 2.33. The zero-order valence-corrected chi connectivity index (χ0v) is 9.53. The molecule has 0 N–H and O–H groups in total. The molecule has 1 spiro atoms. The fourth-order valence-electron chi connectivity index (χ4n) is 2.07. The zero-order chi connectivity index (χ0) is 11.6. The minimum absolute atomic E-state index is 0.124. The molecule has 2 saturated heterocycles. The van der Waals surface area contributed by atoms with Gasteiger partial charge in [-0.1, -0.05) is 13.3 Å². The minimum atomic E-state index is -0.388.